The van der Waals surface area contributed by atoms with Gasteiger partial charge in [-0.1, -0.05) is 6.07 Å². The molecule has 4 rings (SSSR count). The van der Waals surface area contributed by atoms with Crippen LogP contribution in [0.25, 0.3) is 22.9 Å². The molecular weight excluding hydrogens is 330 g/mol. The van der Waals surface area contributed by atoms with Crippen LogP contribution in [0.2, 0.25) is 0 Å². The molecule has 0 amide bonds. The molecule has 7 heteroatoms. The second-order valence-electron chi connectivity index (χ2n) is 5.72. The van der Waals surface area contributed by atoms with Gasteiger partial charge in [0.15, 0.2) is 5.76 Å². The van der Waals surface area contributed by atoms with E-state index >= 15 is 0 Å². The summed E-state index contributed by atoms with van der Waals surface area (Å²) in [5.41, 5.74) is 2.27. The van der Waals surface area contributed by atoms with E-state index in [-0.39, 0.29) is 5.56 Å². The SMILES string of the molecule is Cc1ccnc(Nc2cccc(-c3cnc(-c4ccc(=O)[nH]c4)o3)n2)c1. The van der Waals surface area contributed by atoms with Crippen LogP contribution in [0.15, 0.2) is 70.3 Å². The predicted octanol–water partition coefficient (Wildman–Crippen LogP) is 3.54. The highest BCUT2D eigenvalue weighted by molar-refractivity contribution is 5.61. The van der Waals surface area contributed by atoms with Crippen molar-refractivity contribution in [1.82, 2.24) is 19.9 Å². The zero-order valence-electron chi connectivity index (χ0n) is 13.9. The van der Waals surface area contributed by atoms with Gasteiger partial charge in [-0.15, -0.1) is 0 Å². The molecule has 0 fully saturated rings. The molecule has 0 radical (unpaired) electrons. The molecule has 4 aromatic heterocycles. The van der Waals surface area contributed by atoms with E-state index in [2.05, 4.69) is 25.3 Å². The number of pyridine rings is 3. The number of nitrogens with one attached hydrogen (secondary N) is 2. The van der Waals surface area contributed by atoms with Gasteiger partial charge in [0.1, 0.15) is 17.3 Å². The minimum Gasteiger partial charge on any atom is -0.434 e. The molecule has 0 spiro atoms. The standard InChI is InChI=1S/C19H15N5O2/c1-12-7-8-20-17(9-12)24-16-4-2-3-14(23-16)15-11-22-19(26-15)13-5-6-18(25)21-10-13/h2-11H,1H3,(H,21,25)(H,20,23,24). The van der Waals surface area contributed by atoms with E-state index in [1.54, 1.807) is 24.7 Å². The minimum absolute atomic E-state index is 0.175. The molecule has 128 valence electrons. The van der Waals surface area contributed by atoms with Crippen molar-refractivity contribution in [1.29, 1.82) is 0 Å². The molecule has 0 bridgehead atoms. The Balaban J connectivity index is 1.60. The van der Waals surface area contributed by atoms with E-state index in [1.807, 2.05) is 37.3 Å². The third kappa shape index (κ3) is 3.36. The lowest BCUT2D eigenvalue weighted by molar-refractivity contribution is 0.586. The lowest BCUT2D eigenvalue weighted by Crippen LogP contribution is -2.01. The summed E-state index contributed by atoms with van der Waals surface area (Å²) in [5, 5.41) is 3.18. The zero-order chi connectivity index (χ0) is 17.9. The number of rotatable bonds is 4. The molecular formula is C19H15N5O2. The molecule has 2 N–H and O–H groups in total. The smallest absolute Gasteiger partial charge is 0.247 e. The van der Waals surface area contributed by atoms with E-state index in [0.29, 0.717) is 28.7 Å². The first kappa shape index (κ1) is 15.8. The monoisotopic (exact) mass is 345 g/mol. The van der Waals surface area contributed by atoms with Crippen LogP contribution in [0.4, 0.5) is 11.6 Å². The van der Waals surface area contributed by atoms with Crippen molar-refractivity contribution < 1.29 is 4.42 Å². The Hall–Kier alpha value is -3.74. The van der Waals surface area contributed by atoms with Gasteiger partial charge in [-0.3, -0.25) is 4.79 Å². The maximum Gasteiger partial charge on any atom is 0.247 e. The Bertz CT molecular complexity index is 1100. The average molecular weight is 345 g/mol. The minimum atomic E-state index is -0.175. The Morgan fingerprint density at radius 2 is 2.00 bits per heavy atom. The third-order valence-electron chi connectivity index (χ3n) is 3.71. The third-order valence-corrected chi connectivity index (χ3v) is 3.71. The number of oxazole rings is 1. The molecule has 0 saturated carbocycles. The molecule has 0 unspecified atom stereocenters. The Morgan fingerprint density at radius 3 is 2.81 bits per heavy atom. The highest BCUT2D eigenvalue weighted by Gasteiger charge is 2.10. The topological polar surface area (TPSA) is 96.7 Å². The van der Waals surface area contributed by atoms with Gasteiger partial charge in [0.05, 0.1) is 11.8 Å². The van der Waals surface area contributed by atoms with Crippen LogP contribution in [0.1, 0.15) is 5.56 Å². The zero-order valence-corrected chi connectivity index (χ0v) is 13.9. The highest BCUT2D eigenvalue weighted by atomic mass is 16.4. The second kappa shape index (κ2) is 6.64. The van der Waals surface area contributed by atoms with Crippen LogP contribution < -0.4 is 10.9 Å². The second-order valence-corrected chi connectivity index (χ2v) is 5.72. The van der Waals surface area contributed by atoms with Crippen molar-refractivity contribution in [3.05, 3.63) is 77.0 Å². The van der Waals surface area contributed by atoms with E-state index in [4.69, 9.17) is 4.42 Å². The van der Waals surface area contributed by atoms with Crippen molar-refractivity contribution in [2.45, 2.75) is 6.92 Å². The first-order valence-corrected chi connectivity index (χ1v) is 7.99. The highest BCUT2D eigenvalue weighted by Crippen LogP contribution is 2.25. The predicted molar refractivity (Wildman–Crippen MR) is 98.0 cm³/mol. The van der Waals surface area contributed by atoms with Crippen LogP contribution in [0.3, 0.4) is 0 Å². The van der Waals surface area contributed by atoms with Crippen molar-refractivity contribution in [3.63, 3.8) is 0 Å². The van der Waals surface area contributed by atoms with Crippen LogP contribution in [-0.4, -0.2) is 19.9 Å². The van der Waals surface area contributed by atoms with E-state index in [9.17, 15) is 4.79 Å². The van der Waals surface area contributed by atoms with Crippen LogP contribution in [0.5, 0.6) is 0 Å². The molecule has 0 aromatic carbocycles. The average Bonchev–Trinajstić information content (AvgIpc) is 3.13. The molecule has 0 saturated heterocycles. The Labute approximate surface area is 148 Å². The van der Waals surface area contributed by atoms with E-state index in [0.717, 1.165) is 11.4 Å². The summed E-state index contributed by atoms with van der Waals surface area (Å²) in [5.74, 6) is 2.33. The van der Waals surface area contributed by atoms with Crippen LogP contribution in [-0.2, 0) is 0 Å². The number of anilines is 2. The molecule has 4 heterocycles. The first-order chi connectivity index (χ1) is 12.7. The molecule has 0 atom stereocenters. The van der Waals surface area contributed by atoms with Gasteiger partial charge in [0, 0.05) is 18.5 Å². The first-order valence-electron chi connectivity index (χ1n) is 7.99. The summed E-state index contributed by atoms with van der Waals surface area (Å²) in [6.45, 7) is 2.00. The number of nitrogens with zero attached hydrogens (tertiary/aromatic N) is 3. The quantitative estimate of drug-likeness (QED) is 0.587. The Morgan fingerprint density at radius 1 is 1.08 bits per heavy atom. The van der Waals surface area contributed by atoms with Gasteiger partial charge in [-0.2, -0.15) is 0 Å². The van der Waals surface area contributed by atoms with Gasteiger partial charge in [-0.25, -0.2) is 15.0 Å². The maximum atomic E-state index is 11.2. The van der Waals surface area contributed by atoms with E-state index < -0.39 is 0 Å². The summed E-state index contributed by atoms with van der Waals surface area (Å²) in [7, 11) is 0. The number of H-pyrrole nitrogens is 1. The number of hydrogen-bond acceptors (Lipinski definition) is 6. The van der Waals surface area contributed by atoms with Crippen LogP contribution in [0, 0.1) is 6.92 Å². The number of hydrogen-bond donors (Lipinski definition) is 2. The van der Waals surface area contributed by atoms with Gasteiger partial charge in [0.25, 0.3) is 0 Å². The lowest BCUT2D eigenvalue weighted by atomic mass is 10.3. The molecule has 0 aliphatic carbocycles. The fraction of sp³-hybridized carbons (Fsp3) is 0.0526. The normalized spacial score (nSPS) is 10.7. The van der Waals surface area contributed by atoms with Gasteiger partial charge in [-0.05, 0) is 42.8 Å². The molecule has 7 nitrogen and oxygen atoms in total. The molecule has 26 heavy (non-hydrogen) atoms. The van der Waals surface area contributed by atoms with Gasteiger partial charge < -0.3 is 14.7 Å². The fourth-order valence-electron chi connectivity index (χ4n) is 2.45. The number of aryl methyl sites for hydroxylation is 1. The summed E-state index contributed by atoms with van der Waals surface area (Å²) in [6.07, 6.45) is 4.92. The van der Waals surface area contributed by atoms with Crippen LogP contribution >= 0.6 is 0 Å². The summed E-state index contributed by atoms with van der Waals surface area (Å²) < 4.78 is 5.78. The van der Waals surface area contributed by atoms with E-state index in [1.165, 1.54) is 6.07 Å². The number of aromatic nitrogens is 4. The van der Waals surface area contributed by atoms with Crippen molar-refractivity contribution >= 4 is 11.6 Å². The van der Waals surface area contributed by atoms with Crippen molar-refractivity contribution in [3.8, 4) is 22.9 Å². The summed E-state index contributed by atoms with van der Waals surface area (Å²) in [6, 6.07) is 12.5. The largest absolute Gasteiger partial charge is 0.434 e. The summed E-state index contributed by atoms with van der Waals surface area (Å²) >= 11 is 0. The molecule has 0 aliphatic rings. The van der Waals surface area contributed by atoms with Crippen molar-refractivity contribution in [2.75, 3.05) is 5.32 Å². The van der Waals surface area contributed by atoms with Gasteiger partial charge in [0.2, 0.25) is 11.4 Å². The lowest BCUT2D eigenvalue weighted by Gasteiger charge is -2.06. The fourth-order valence-corrected chi connectivity index (χ4v) is 2.45. The molecule has 0 aliphatic heterocycles. The Kier molecular flexibility index (Phi) is 4.03. The summed E-state index contributed by atoms with van der Waals surface area (Å²) in [4.78, 5) is 26.8. The van der Waals surface area contributed by atoms with Gasteiger partial charge >= 0.3 is 0 Å². The maximum absolute atomic E-state index is 11.2. The molecule has 4 aromatic rings. The number of aromatic amines is 1. The van der Waals surface area contributed by atoms with Crippen molar-refractivity contribution in [2.24, 2.45) is 0 Å².